The van der Waals surface area contributed by atoms with Gasteiger partial charge in [0.1, 0.15) is 0 Å². The van der Waals surface area contributed by atoms with Gasteiger partial charge < -0.3 is 10.2 Å². The first kappa shape index (κ1) is 9.08. The van der Waals surface area contributed by atoms with Crippen LogP contribution in [0.2, 0.25) is 0 Å². The zero-order valence-electron chi connectivity index (χ0n) is 9.08. The van der Waals surface area contributed by atoms with E-state index in [1.807, 2.05) is 0 Å². The van der Waals surface area contributed by atoms with Crippen LogP contribution in [0.15, 0.2) is 35.8 Å². The molecule has 0 aromatic rings. The highest BCUT2D eigenvalue weighted by Crippen LogP contribution is 2.34. The van der Waals surface area contributed by atoms with Crippen molar-refractivity contribution in [2.24, 2.45) is 5.92 Å². The maximum atomic E-state index is 3.57. The molecule has 0 bridgehead atoms. The van der Waals surface area contributed by atoms with Crippen molar-refractivity contribution in [1.82, 2.24) is 10.2 Å². The van der Waals surface area contributed by atoms with E-state index in [1.165, 1.54) is 43.5 Å². The maximum absolute atomic E-state index is 3.57. The molecule has 0 saturated heterocycles. The highest BCUT2D eigenvalue weighted by atomic mass is 15.3. The van der Waals surface area contributed by atoms with Gasteiger partial charge in [-0.2, -0.15) is 0 Å². The summed E-state index contributed by atoms with van der Waals surface area (Å²) in [5, 5.41) is 3.57. The first-order valence-electron chi connectivity index (χ1n) is 6.05. The average Bonchev–Trinajstić information content (AvgIpc) is 2.74. The van der Waals surface area contributed by atoms with E-state index < -0.39 is 0 Å². The molecule has 0 unspecified atom stereocenters. The van der Waals surface area contributed by atoms with Gasteiger partial charge in [0.25, 0.3) is 0 Å². The van der Waals surface area contributed by atoms with Crippen LogP contribution in [-0.4, -0.2) is 11.6 Å². The van der Waals surface area contributed by atoms with Gasteiger partial charge >= 0.3 is 0 Å². The summed E-state index contributed by atoms with van der Waals surface area (Å²) in [5.74, 6) is 0.787. The predicted octanol–water partition coefficient (Wildman–Crippen LogP) is 2.72. The fraction of sp³-hybridized carbons (Fsp3) is 0.538. The Morgan fingerprint density at radius 3 is 2.87 bits per heavy atom. The van der Waals surface area contributed by atoms with Crippen molar-refractivity contribution in [2.45, 2.75) is 32.1 Å². The second-order valence-electron chi connectivity index (χ2n) is 4.64. The Labute approximate surface area is 91.3 Å². The van der Waals surface area contributed by atoms with Crippen molar-refractivity contribution in [1.29, 1.82) is 0 Å². The fourth-order valence-corrected chi connectivity index (χ4v) is 2.86. The van der Waals surface area contributed by atoms with E-state index in [1.54, 1.807) is 0 Å². The SMILES string of the molecule is C1=CC2=C(C3CCCCC3)NCN2C=C1. The average molecular weight is 202 g/mol. The van der Waals surface area contributed by atoms with E-state index in [4.69, 9.17) is 0 Å². The fourth-order valence-electron chi connectivity index (χ4n) is 2.86. The Morgan fingerprint density at radius 1 is 1.13 bits per heavy atom. The van der Waals surface area contributed by atoms with Gasteiger partial charge in [-0.1, -0.05) is 25.3 Å². The highest BCUT2D eigenvalue weighted by molar-refractivity contribution is 5.35. The molecule has 0 radical (unpaired) electrons. The summed E-state index contributed by atoms with van der Waals surface area (Å²) in [7, 11) is 0. The summed E-state index contributed by atoms with van der Waals surface area (Å²) in [6.45, 7) is 0.960. The van der Waals surface area contributed by atoms with Crippen LogP contribution in [0, 0.1) is 5.92 Å². The van der Waals surface area contributed by atoms with Gasteiger partial charge in [0.2, 0.25) is 0 Å². The number of fused-ring (bicyclic) bond motifs is 1. The Balaban J connectivity index is 1.85. The smallest absolute Gasteiger partial charge is 0.0918 e. The Morgan fingerprint density at radius 2 is 2.00 bits per heavy atom. The first-order chi connectivity index (χ1) is 7.45. The van der Waals surface area contributed by atoms with Gasteiger partial charge in [0.05, 0.1) is 12.4 Å². The summed E-state index contributed by atoms with van der Waals surface area (Å²) in [6, 6.07) is 0. The molecule has 0 atom stereocenters. The Kier molecular flexibility index (Phi) is 2.28. The minimum atomic E-state index is 0.787. The second kappa shape index (κ2) is 3.76. The third kappa shape index (κ3) is 1.58. The van der Waals surface area contributed by atoms with Crippen LogP contribution in [0.1, 0.15) is 32.1 Å². The summed E-state index contributed by atoms with van der Waals surface area (Å²) in [4.78, 5) is 2.31. The monoisotopic (exact) mass is 202 g/mol. The van der Waals surface area contributed by atoms with Gasteiger partial charge in [-0.15, -0.1) is 0 Å². The molecule has 15 heavy (non-hydrogen) atoms. The molecule has 0 aromatic carbocycles. The molecule has 0 spiro atoms. The van der Waals surface area contributed by atoms with Crippen LogP contribution in [0.25, 0.3) is 0 Å². The zero-order valence-corrected chi connectivity index (χ0v) is 9.08. The maximum Gasteiger partial charge on any atom is 0.0918 e. The van der Waals surface area contributed by atoms with E-state index in [0.29, 0.717) is 0 Å². The third-order valence-electron chi connectivity index (χ3n) is 3.67. The molecule has 2 heterocycles. The van der Waals surface area contributed by atoms with Crippen molar-refractivity contribution in [3.63, 3.8) is 0 Å². The third-order valence-corrected chi connectivity index (χ3v) is 3.67. The van der Waals surface area contributed by atoms with Crippen molar-refractivity contribution >= 4 is 0 Å². The van der Waals surface area contributed by atoms with Gasteiger partial charge in [-0.05, 0) is 25.0 Å². The number of rotatable bonds is 1. The van der Waals surface area contributed by atoms with Gasteiger partial charge in [-0.25, -0.2) is 0 Å². The number of nitrogens with one attached hydrogen (secondary N) is 1. The molecule has 2 nitrogen and oxygen atoms in total. The van der Waals surface area contributed by atoms with Gasteiger partial charge in [-0.3, -0.25) is 0 Å². The minimum Gasteiger partial charge on any atom is -0.369 e. The van der Waals surface area contributed by atoms with Gasteiger partial charge in [0.15, 0.2) is 0 Å². The quantitative estimate of drug-likeness (QED) is 0.703. The molecule has 0 aromatic heterocycles. The lowest BCUT2D eigenvalue weighted by Crippen LogP contribution is -2.21. The molecule has 0 amide bonds. The molecular weight excluding hydrogens is 184 g/mol. The molecule has 1 saturated carbocycles. The summed E-state index contributed by atoms with van der Waals surface area (Å²) in [5.41, 5.74) is 2.90. The molecule has 80 valence electrons. The Hall–Kier alpha value is -1.18. The largest absolute Gasteiger partial charge is 0.369 e. The van der Waals surface area contributed by atoms with Crippen LogP contribution >= 0.6 is 0 Å². The molecular formula is C13H18N2. The zero-order chi connectivity index (χ0) is 10.1. The first-order valence-corrected chi connectivity index (χ1v) is 6.05. The normalized spacial score (nSPS) is 25.7. The van der Waals surface area contributed by atoms with E-state index in [0.717, 1.165) is 12.6 Å². The van der Waals surface area contributed by atoms with E-state index in [2.05, 4.69) is 34.6 Å². The standard InChI is InChI=1S/C13H18N2/c1-2-6-11(7-3-1)13-12-8-4-5-9-15(12)10-14-13/h4-5,8-9,11,14H,1-3,6-7,10H2. The minimum absolute atomic E-state index is 0.787. The molecule has 3 rings (SSSR count). The predicted molar refractivity (Wildman–Crippen MR) is 61.7 cm³/mol. The lowest BCUT2D eigenvalue weighted by molar-refractivity contribution is 0.390. The van der Waals surface area contributed by atoms with Crippen LogP contribution in [0.4, 0.5) is 0 Å². The van der Waals surface area contributed by atoms with Crippen molar-refractivity contribution in [3.05, 3.63) is 35.8 Å². The number of hydrogen-bond acceptors (Lipinski definition) is 2. The van der Waals surface area contributed by atoms with Gasteiger partial charge in [0, 0.05) is 17.8 Å². The number of hydrogen-bond donors (Lipinski definition) is 1. The van der Waals surface area contributed by atoms with Crippen molar-refractivity contribution in [2.75, 3.05) is 6.67 Å². The molecule has 1 fully saturated rings. The molecule has 2 aliphatic heterocycles. The summed E-state index contributed by atoms with van der Waals surface area (Å²) < 4.78 is 0. The summed E-state index contributed by atoms with van der Waals surface area (Å²) in [6.07, 6.45) is 15.6. The topological polar surface area (TPSA) is 15.3 Å². The van der Waals surface area contributed by atoms with Crippen molar-refractivity contribution in [3.8, 4) is 0 Å². The van der Waals surface area contributed by atoms with Crippen LogP contribution in [0.3, 0.4) is 0 Å². The Bertz CT molecular complexity index is 332. The van der Waals surface area contributed by atoms with Crippen LogP contribution in [0.5, 0.6) is 0 Å². The molecule has 2 heteroatoms. The van der Waals surface area contributed by atoms with Crippen LogP contribution in [-0.2, 0) is 0 Å². The molecule has 3 aliphatic rings. The highest BCUT2D eigenvalue weighted by Gasteiger charge is 2.26. The van der Waals surface area contributed by atoms with Crippen molar-refractivity contribution < 1.29 is 0 Å². The molecule has 1 N–H and O–H groups in total. The lowest BCUT2D eigenvalue weighted by Gasteiger charge is -2.23. The number of nitrogens with zero attached hydrogens (tertiary/aromatic N) is 1. The summed E-state index contributed by atoms with van der Waals surface area (Å²) >= 11 is 0. The molecule has 1 aliphatic carbocycles. The van der Waals surface area contributed by atoms with Crippen LogP contribution < -0.4 is 5.32 Å². The van der Waals surface area contributed by atoms with E-state index in [9.17, 15) is 0 Å². The lowest BCUT2D eigenvalue weighted by atomic mass is 9.86. The van der Waals surface area contributed by atoms with E-state index in [-0.39, 0.29) is 0 Å². The van der Waals surface area contributed by atoms with E-state index >= 15 is 0 Å². The number of allylic oxidation sites excluding steroid dienone is 4. The second-order valence-corrected chi connectivity index (χ2v) is 4.64.